The molecule has 0 saturated carbocycles. The maximum atomic E-state index is 4.48. The molecule has 0 aliphatic heterocycles. The lowest BCUT2D eigenvalue weighted by Crippen LogP contribution is -2.01. The standard InChI is InChI=1S/C17H15IN2/c1-13-7-5-6-10-15(13)16-17(18)19-12-20(16)11-14-8-3-2-4-9-14/h2-10,12H,11H2,1H3. The van der Waals surface area contributed by atoms with E-state index in [1.54, 1.807) is 0 Å². The van der Waals surface area contributed by atoms with Crippen LogP contribution in [0, 0.1) is 10.6 Å². The average Bonchev–Trinajstić information content (AvgIpc) is 2.82. The summed E-state index contributed by atoms with van der Waals surface area (Å²) in [6, 6.07) is 18.9. The van der Waals surface area contributed by atoms with Crippen molar-refractivity contribution in [2.75, 3.05) is 0 Å². The fourth-order valence-corrected chi connectivity index (χ4v) is 3.09. The maximum absolute atomic E-state index is 4.48. The number of imidazole rings is 1. The highest BCUT2D eigenvalue weighted by molar-refractivity contribution is 14.1. The number of nitrogens with zero attached hydrogens (tertiary/aromatic N) is 2. The summed E-state index contributed by atoms with van der Waals surface area (Å²) in [6.07, 6.45) is 1.93. The second-order valence-electron chi connectivity index (χ2n) is 4.81. The van der Waals surface area contributed by atoms with E-state index < -0.39 is 0 Å². The van der Waals surface area contributed by atoms with Crippen molar-refractivity contribution in [2.24, 2.45) is 0 Å². The van der Waals surface area contributed by atoms with Gasteiger partial charge in [0.25, 0.3) is 0 Å². The minimum absolute atomic E-state index is 0.848. The number of aryl methyl sites for hydroxylation is 1. The van der Waals surface area contributed by atoms with Gasteiger partial charge >= 0.3 is 0 Å². The highest BCUT2D eigenvalue weighted by atomic mass is 127. The van der Waals surface area contributed by atoms with Crippen molar-refractivity contribution in [3.05, 3.63) is 75.8 Å². The molecule has 100 valence electrons. The monoisotopic (exact) mass is 374 g/mol. The van der Waals surface area contributed by atoms with Gasteiger partial charge in [0.05, 0.1) is 12.0 Å². The van der Waals surface area contributed by atoms with Gasteiger partial charge in [-0.3, -0.25) is 0 Å². The average molecular weight is 374 g/mol. The Balaban J connectivity index is 2.04. The maximum Gasteiger partial charge on any atom is 0.127 e. The first-order valence-electron chi connectivity index (χ1n) is 6.56. The Morgan fingerprint density at radius 3 is 2.45 bits per heavy atom. The Labute approximate surface area is 132 Å². The summed E-state index contributed by atoms with van der Waals surface area (Å²) in [5.74, 6) is 0. The normalized spacial score (nSPS) is 10.7. The first kappa shape index (κ1) is 13.4. The van der Waals surface area contributed by atoms with Crippen LogP contribution in [-0.4, -0.2) is 9.55 Å². The van der Waals surface area contributed by atoms with E-state index >= 15 is 0 Å². The predicted octanol–water partition coefficient (Wildman–Crippen LogP) is 4.51. The molecule has 2 nitrogen and oxygen atoms in total. The van der Waals surface area contributed by atoms with Gasteiger partial charge in [0.2, 0.25) is 0 Å². The van der Waals surface area contributed by atoms with Crippen molar-refractivity contribution in [1.29, 1.82) is 0 Å². The van der Waals surface area contributed by atoms with Crippen molar-refractivity contribution >= 4 is 22.6 Å². The van der Waals surface area contributed by atoms with E-state index in [2.05, 4.69) is 87.6 Å². The summed E-state index contributed by atoms with van der Waals surface area (Å²) in [7, 11) is 0. The molecule has 0 N–H and O–H groups in total. The molecule has 3 heteroatoms. The Hall–Kier alpha value is -1.62. The molecule has 0 spiro atoms. The lowest BCUT2D eigenvalue weighted by Gasteiger charge is -2.11. The largest absolute Gasteiger partial charge is 0.325 e. The number of hydrogen-bond acceptors (Lipinski definition) is 1. The van der Waals surface area contributed by atoms with E-state index in [0.29, 0.717) is 0 Å². The van der Waals surface area contributed by atoms with Gasteiger partial charge in [0.1, 0.15) is 3.70 Å². The zero-order valence-electron chi connectivity index (χ0n) is 11.3. The minimum atomic E-state index is 0.848. The SMILES string of the molecule is Cc1ccccc1-c1c(I)ncn1Cc1ccccc1. The lowest BCUT2D eigenvalue weighted by molar-refractivity contribution is 0.804. The molecule has 2 aromatic carbocycles. The molecular formula is C17H15IN2. The minimum Gasteiger partial charge on any atom is -0.325 e. The molecule has 0 saturated heterocycles. The van der Waals surface area contributed by atoms with Crippen LogP contribution in [0.5, 0.6) is 0 Å². The van der Waals surface area contributed by atoms with Crippen LogP contribution in [0.4, 0.5) is 0 Å². The summed E-state index contributed by atoms with van der Waals surface area (Å²) in [6.45, 7) is 2.99. The number of benzene rings is 2. The molecule has 0 unspecified atom stereocenters. The molecule has 1 aromatic heterocycles. The fourth-order valence-electron chi connectivity index (χ4n) is 2.36. The smallest absolute Gasteiger partial charge is 0.127 e. The Kier molecular flexibility index (Phi) is 3.87. The van der Waals surface area contributed by atoms with Crippen molar-refractivity contribution in [3.8, 4) is 11.3 Å². The van der Waals surface area contributed by atoms with Crippen LogP contribution in [0.25, 0.3) is 11.3 Å². The van der Waals surface area contributed by atoms with Crippen molar-refractivity contribution < 1.29 is 0 Å². The van der Waals surface area contributed by atoms with Crippen LogP contribution in [-0.2, 0) is 6.54 Å². The van der Waals surface area contributed by atoms with Gasteiger partial charge in [-0.1, -0.05) is 54.6 Å². The van der Waals surface area contributed by atoms with Gasteiger partial charge in [-0.05, 0) is 40.6 Å². The number of hydrogen-bond donors (Lipinski definition) is 0. The second-order valence-corrected chi connectivity index (χ2v) is 5.83. The highest BCUT2D eigenvalue weighted by Crippen LogP contribution is 2.28. The summed E-state index contributed by atoms with van der Waals surface area (Å²) < 4.78 is 3.27. The molecule has 0 radical (unpaired) electrons. The van der Waals surface area contributed by atoms with Crippen molar-refractivity contribution in [1.82, 2.24) is 9.55 Å². The number of rotatable bonds is 3. The summed E-state index contributed by atoms with van der Waals surface area (Å²) in [5.41, 5.74) is 5.02. The Bertz CT molecular complexity index is 717. The van der Waals surface area contributed by atoms with Gasteiger partial charge < -0.3 is 4.57 Å². The fraction of sp³-hybridized carbons (Fsp3) is 0.118. The molecule has 0 amide bonds. The second kappa shape index (κ2) is 5.79. The predicted molar refractivity (Wildman–Crippen MR) is 90.7 cm³/mol. The van der Waals surface area contributed by atoms with Crippen LogP contribution in [0.1, 0.15) is 11.1 Å². The van der Waals surface area contributed by atoms with Gasteiger partial charge in [0, 0.05) is 12.1 Å². The van der Waals surface area contributed by atoms with Crippen molar-refractivity contribution in [2.45, 2.75) is 13.5 Å². The van der Waals surface area contributed by atoms with Crippen LogP contribution in [0.15, 0.2) is 60.9 Å². The highest BCUT2D eigenvalue weighted by Gasteiger charge is 2.12. The van der Waals surface area contributed by atoms with E-state index in [0.717, 1.165) is 10.2 Å². The van der Waals surface area contributed by atoms with Gasteiger partial charge in [-0.25, -0.2) is 4.98 Å². The van der Waals surface area contributed by atoms with Gasteiger partial charge in [0.15, 0.2) is 0 Å². The summed E-state index contributed by atoms with van der Waals surface area (Å²) >= 11 is 2.31. The van der Waals surface area contributed by atoms with Gasteiger partial charge in [-0.2, -0.15) is 0 Å². The van der Waals surface area contributed by atoms with Crippen LogP contribution in [0.2, 0.25) is 0 Å². The van der Waals surface area contributed by atoms with E-state index in [-0.39, 0.29) is 0 Å². The molecule has 0 aliphatic carbocycles. The molecule has 0 atom stereocenters. The van der Waals surface area contributed by atoms with Crippen molar-refractivity contribution in [3.63, 3.8) is 0 Å². The van der Waals surface area contributed by atoms with Crippen LogP contribution < -0.4 is 0 Å². The molecule has 3 aromatic rings. The third kappa shape index (κ3) is 2.63. The van der Waals surface area contributed by atoms with Crippen LogP contribution >= 0.6 is 22.6 Å². The topological polar surface area (TPSA) is 17.8 Å². The van der Waals surface area contributed by atoms with Crippen LogP contribution in [0.3, 0.4) is 0 Å². The zero-order valence-corrected chi connectivity index (χ0v) is 13.4. The lowest BCUT2D eigenvalue weighted by atomic mass is 10.1. The summed E-state index contributed by atoms with van der Waals surface area (Å²) in [5, 5.41) is 0. The molecule has 0 aliphatic rings. The number of aromatic nitrogens is 2. The first-order valence-corrected chi connectivity index (χ1v) is 7.64. The van der Waals surface area contributed by atoms with E-state index in [9.17, 15) is 0 Å². The molecule has 0 bridgehead atoms. The number of halogens is 1. The molecular weight excluding hydrogens is 359 g/mol. The Morgan fingerprint density at radius 1 is 1.00 bits per heavy atom. The summed E-state index contributed by atoms with van der Waals surface area (Å²) in [4.78, 5) is 4.48. The quantitative estimate of drug-likeness (QED) is 0.617. The third-order valence-electron chi connectivity index (χ3n) is 3.39. The molecule has 0 fully saturated rings. The third-order valence-corrected chi connectivity index (χ3v) is 4.18. The van der Waals surface area contributed by atoms with E-state index in [4.69, 9.17) is 0 Å². The first-order chi connectivity index (χ1) is 9.75. The molecule has 20 heavy (non-hydrogen) atoms. The Morgan fingerprint density at radius 2 is 1.70 bits per heavy atom. The van der Waals surface area contributed by atoms with E-state index in [1.807, 2.05) is 12.4 Å². The van der Waals surface area contributed by atoms with Gasteiger partial charge in [-0.15, -0.1) is 0 Å². The van der Waals surface area contributed by atoms with E-state index in [1.165, 1.54) is 22.4 Å². The zero-order chi connectivity index (χ0) is 13.9. The molecule has 3 rings (SSSR count). The molecule has 1 heterocycles.